The van der Waals surface area contributed by atoms with Gasteiger partial charge < -0.3 is 19.7 Å². The van der Waals surface area contributed by atoms with Crippen molar-refractivity contribution in [2.45, 2.75) is 19.5 Å². The van der Waals surface area contributed by atoms with Gasteiger partial charge in [-0.25, -0.2) is 0 Å². The van der Waals surface area contributed by atoms with Crippen molar-refractivity contribution in [2.24, 2.45) is 0 Å². The number of fused-ring (bicyclic) bond motifs is 1. The van der Waals surface area contributed by atoms with Crippen LogP contribution in [0, 0.1) is 0 Å². The van der Waals surface area contributed by atoms with E-state index in [1.807, 2.05) is 47.4 Å². The van der Waals surface area contributed by atoms with E-state index < -0.39 is 0 Å². The predicted molar refractivity (Wildman–Crippen MR) is 93.7 cm³/mol. The van der Waals surface area contributed by atoms with E-state index >= 15 is 0 Å². The molecule has 5 nitrogen and oxygen atoms in total. The molecule has 0 unspecified atom stereocenters. The Hall–Kier alpha value is -2.69. The van der Waals surface area contributed by atoms with E-state index in [-0.39, 0.29) is 12.1 Å². The van der Waals surface area contributed by atoms with Gasteiger partial charge in [-0.2, -0.15) is 0 Å². The molecule has 0 radical (unpaired) electrons. The van der Waals surface area contributed by atoms with Crippen LogP contribution in [0.4, 0.5) is 5.69 Å². The second-order valence-electron chi connectivity index (χ2n) is 5.74. The Morgan fingerprint density at radius 2 is 1.75 bits per heavy atom. The average molecular weight is 326 g/mol. The van der Waals surface area contributed by atoms with Crippen molar-refractivity contribution < 1.29 is 14.3 Å². The minimum Gasteiger partial charge on any atom is -0.497 e. The molecule has 5 heteroatoms. The maximum absolute atomic E-state index is 12.9. The fourth-order valence-electron chi connectivity index (χ4n) is 3.01. The van der Waals surface area contributed by atoms with Crippen LogP contribution >= 0.6 is 0 Å². The molecule has 2 aromatic carbocycles. The first-order valence-corrected chi connectivity index (χ1v) is 8.07. The standard InChI is InChI=1S/C19H22N2O3/c1-4-9-21-18(13-10-14(23-2)12-15(11-13)24-3)20-17-8-6-5-7-16(17)19(21)22/h5-8,10-12,18,20H,4,9H2,1-3H3/t18-/m0/s1. The summed E-state index contributed by atoms with van der Waals surface area (Å²) >= 11 is 0. The van der Waals surface area contributed by atoms with Crippen LogP contribution in [0.3, 0.4) is 0 Å². The average Bonchev–Trinajstić information content (AvgIpc) is 2.63. The first kappa shape index (κ1) is 16.2. The number of anilines is 1. The largest absolute Gasteiger partial charge is 0.497 e. The number of carbonyl (C=O) groups is 1. The summed E-state index contributed by atoms with van der Waals surface area (Å²) in [6.07, 6.45) is 0.629. The lowest BCUT2D eigenvalue weighted by molar-refractivity contribution is 0.0683. The van der Waals surface area contributed by atoms with Crippen molar-refractivity contribution in [3.8, 4) is 11.5 Å². The molecule has 0 aliphatic carbocycles. The van der Waals surface area contributed by atoms with Crippen LogP contribution in [0.15, 0.2) is 42.5 Å². The van der Waals surface area contributed by atoms with E-state index in [9.17, 15) is 4.79 Å². The molecule has 1 aliphatic rings. The third-order valence-corrected chi connectivity index (χ3v) is 4.18. The van der Waals surface area contributed by atoms with Crippen LogP contribution in [0.25, 0.3) is 0 Å². The minimum absolute atomic E-state index is 0.0398. The summed E-state index contributed by atoms with van der Waals surface area (Å²) in [4.78, 5) is 14.8. The van der Waals surface area contributed by atoms with Gasteiger partial charge in [0.1, 0.15) is 17.7 Å². The summed E-state index contributed by atoms with van der Waals surface area (Å²) in [5.74, 6) is 1.45. The smallest absolute Gasteiger partial charge is 0.257 e. The van der Waals surface area contributed by atoms with E-state index in [0.29, 0.717) is 23.6 Å². The molecule has 1 aliphatic heterocycles. The SMILES string of the molecule is CCCN1C(=O)c2ccccc2N[C@@H]1c1cc(OC)cc(OC)c1. The summed E-state index contributed by atoms with van der Waals surface area (Å²) in [5, 5.41) is 3.48. The lowest BCUT2D eigenvalue weighted by Crippen LogP contribution is -2.43. The zero-order chi connectivity index (χ0) is 17.1. The molecule has 1 N–H and O–H groups in total. The van der Waals surface area contributed by atoms with Crippen LogP contribution in [0.2, 0.25) is 0 Å². The molecule has 2 aromatic rings. The zero-order valence-electron chi connectivity index (χ0n) is 14.2. The fourth-order valence-corrected chi connectivity index (χ4v) is 3.01. The maximum Gasteiger partial charge on any atom is 0.257 e. The molecule has 3 rings (SSSR count). The molecule has 0 fully saturated rings. The Balaban J connectivity index is 2.06. The lowest BCUT2D eigenvalue weighted by Gasteiger charge is -2.38. The Morgan fingerprint density at radius 3 is 2.38 bits per heavy atom. The maximum atomic E-state index is 12.9. The quantitative estimate of drug-likeness (QED) is 0.910. The van der Waals surface area contributed by atoms with Gasteiger partial charge in [0, 0.05) is 23.9 Å². The van der Waals surface area contributed by atoms with E-state index in [1.165, 1.54) is 0 Å². The van der Waals surface area contributed by atoms with E-state index in [0.717, 1.165) is 17.7 Å². The second-order valence-corrected chi connectivity index (χ2v) is 5.74. The number of ether oxygens (including phenoxy) is 2. The normalized spacial score (nSPS) is 16.4. The highest BCUT2D eigenvalue weighted by Gasteiger charge is 2.32. The number of amides is 1. The number of benzene rings is 2. The molecule has 0 saturated carbocycles. The molecule has 0 spiro atoms. The van der Waals surface area contributed by atoms with Crippen molar-refractivity contribution in [1.82, 2.24) is 4.90 Å². The topological polar surface area (TPSA) is 50.8 Å². The lowest BCUT2D eigenvalue weighted by atomic mass is 10.0. The first-order valence-electron chi connectivity index (χ1n) is 8.07. The van der Waals surface area contributed by atoms with Gasteiger partial charge in [0.25, 0.3) is 5.91 Å². The highest BCUT2D eigenvalue weighted by molar-refractivity contribution is 6.01. The van der Waals surface area contributed by atoms with Crippen molar-refractivity contribution in [1.29, 1.82) is 0 Å². The highest BCUT2D eigenvalue weighted by Crippen LogP contribution is 2.36. The van der Waals surface area contributed by atoms with Gasteiger partial charge in [0.2, 0.25) is 0 Å². The minimum atomic E-state index is -0.253. The summed E-state index contributed by atoms with van der Waals surface area (Å²) < 4.78 is 10.7. The predicted octanol–water partition coefficient (Wildman–Crippen LogP) is 3.68. The Labute approximate surface area is 142 Å². The number of hydrogen-bond donors (Lipinski definition) is 1. The number of hydrogen-bond acceptors (Lipinski definition) is 4. The third-order valence-electron chi connectivity index (χ3n) is 4.18. The number of carbonyl (C=O) groups excluding carboxylic acids is 1. The Kier molecular flexibility index (Phi) is 4.60. The number of methoxy groups -OCH3 is 2. The highest BCUT2D eigenvalue weighted by atomic mass is 16.5. The number of para-hydroxylation sites is 1. The summed E-state index contributed by atoms with van der Waals surface area (Å²) in [5.41, 5.74) is 2.49. The number of rotatable bonds is 5. The first-order chi connectivity index (χ1) is 11.7. The third kappa shape index (κ3) is 2.89. The van der Waals surface area contributed by atoms with Crippen LogP contribution < -0.4 is 14.8 Å². The van der Waals surface area contributed by atoms with Crippen LogP contribution in [0.5, 0.6) is 11.5 Å². The molecule has 126 valence electrons. The second kappa shape index (κ2) is 6.83. The molecule has 1 amide bonds. The molecule has 0 bridgehead atoms. The van der Waals surface area contributed by atoms with Gasteiger partial charge in [-0.15, -0.1) is 0 Å². The zero-order valence-corrected chi connectivity index (χ0v) is 14.2. The summed E-state index contributed by atoms with van der Waals surface area (Å²) in [7, 11) is 3.24. The molecular formula is C19H22N2O3. The van der Waals surface area contributed by atoms with E-state index in [1.54, 1.807) is 14.2 Å². The van der Waals surface area contributed by atoms with Gasteiger partial charge in [-0.1, -0.05) is 19.1 Å². The van der Waals surface area contributed by atoms with Crippen LogP contribution in [0.1, 0.15) is 35.4 Å². The van der Waals surface area contributed by atoms with Gasteiger partial charge >= 0.3 is 0 Å². The molecule has 0 saturated heterocycles. The van der Waals surface area contributed by atoms with Gasteiger partial charge in [0.05, 0.1) is 19.8 Å². The van der Waals surface area contributed by atoms with Crippen molar-refractivity contribution in [3.05, 3.63) is 53.6 Å². The van der Waals surface area contributed by atoms with Crippen LogP contribution in [-0.2, 0) is 0 Å². The monoisotopic (exact) mass is 326 g/mol. The van der Waals surface area contributed by atoms with Gasteiger partial charge in [-0.05, 0) is 30.7 Å². The van der Waals surface area contributed by atoms with Crippen LogP contribution in [-0.4, -0.2) is 31.6 Å². The Morgan fingerprint density at radius 1 is 1.08 bits per heavy atom. The van der Waals surface area contributed by atoms with Crippen molar-refractivity contribution in [2.75, 3.05) is 26.1 Å². The van der Waals surface area contributed by atoms with E-state index in [2.05, 4.69) is 12.2 Å². The molecule has 1 heterocycles. The van der Waals surface area contributed by atoms with Crippen molar-refractivity contribution >= 4 is 11.6 Å². The molecular weight excluding hydrogens is 304 g/mol. The number of nitrogens with one attached hydrogen (secondary N) is 1. The van der Waals surface area contributed by atoms with Crippen molar-refractivity contribution in [3.63, 3.8) is 0 Å². The van der Waals surface area contributed by atoms with Gasteiger partial charge in [0.15, 0.2) is 0 Å². The van der Waals surface area contributed by atoms with E-state index in [4.69, 9.17) is 9.47 Å². The fraction of sp³-hybridized carbons (Fsp3) is 0.316. The number of nitrogens with zero attached hydrogens (tertiary/aromatic N) is 1. The molecule has 0 aromatic heterocycles. The summed E-state index contributed by atoms with van der Waals surface area (Å²) in [6, 6.07) is 13.3. The molecule has 1 atom stereocenters. The molecule has 24 heavy (non-hydrogen) atoms. The summed E-state index contributed by atoms with van der Waals surface area (Å²) in [6.45, 7) is 2.74. The Bertz CT molecular complexity index is 723. The van der Waals surface area contributed by atoms with Gasteiger partial charge in [-0.3, -0.25) is 4.79 Å².